The van der Waals surface area contributed by atoms with Gasteiger partial charge >= 0.3 is 0 Å². The lowest BCUT2D eigenvalue weighted by atomic mass is 9.72. The van der Waals surface area contributed by atoms with Crippen LogP contribution in [-0.2, 0) is 15.7 Å². The smallest absolute Gasteiger partial charge is 0.0553 e. The molecule has 0 saturated heterocycles. The maximum Gasteiger partial charge on any atom is 0.0553 e. The Kier molecular flexibility index (Phi) is 3.28. The summed E-state index contributed by atoms with van der Waals surface area (Å²) in [7, 11) is 1.75. The molecule has 1 aromatic rings. The summed E-state index contributed by atoms with van der Waals surface area (Å²) < 4.78 is 5.27. The number of nitrogens with two attached hydrogens (primary N) is 1. The zero-order valence-electron chi connectivity index (χ0n) is 11.1. The Morgan fingerprint density at radius 1 is 1.24 bits per heavy atom. The first kappa shape index (κ1) is 12.6. The fraction of sp³-hybridized carbons (Fsp3) is 0.600. The van der Waals surface area contributed by atoms with Crippen molar-refractivity contribution >= 4 is 0 Å². The minimum absolute atomic E-state index is 0.0517. The summed E-state index contributed by atoms with van der Waals surface area (Å²) in [5.74, 6) is 0. The van der Waals surface area contributed by atoms with Gasteiger partial charge < -0.3 is 10.5 Å². The summed E-state index contributed by atoms with van der Waals surface area (Å²) in [5.41, 5.74) is 8.92. The van der Waals surface area contributed by atoms with Crippen molar-refractivity contribution in [1.82, 2.24) is 0 Å². The molecule has 2 nitrogen and oxygen atoms in total. The molecule has 2 rings (SSSR count). The molecule has 1 saturated carbocycles. The Balaban J connectivity index is 2.18. The standard InChI is InChI=1S/C15H23NO/c1-14(2,11-17-3)12-5-7-13(8-6-12)15(16)9-4-10-15/h5-8H,4,9-11,16H2,1-3H3. The Labute approximate surface area is 104 Å². The average Bonchev–Trinajstić information content (AvgIpc) is 2.26. The van der Waals surface area contributed by atoms with Crippen LogP contribution in [0.5, 0.6) is 0 Å². The second kappa shape index (κ2) is 4.43. The maximum absolute atomic E-state index is 6.32. The van der Waals surface area contributed by atoms with E-state index in [1.165, 1.54) is 17.5 Å². The summed E-state index contributed by atoms with van der Waals surface area (Å²) in [4.78, 5) is 0. The third-order valence-electron chi connectivity index (χ3n) is 3.99. The second-order valence-corrected chi connectivity index (χ2v) is 5.90. The van der Waals surface area contributed by atoms with E-state index in [2.05, 4.69) is 38.1 Å². The highest BCUT2D eigenvalue weighted by molar-refractivity contribution is 5.33. The van der Waals surface area contributed by atoms with E-state index in [1.54, 1.807) is 7.11 Å². The fourth-order valence-corrected chi connectivity index (χ4v) is 2.54. The van der Waals surface area contributed by atoms with Crippen LogP contribution in [0.1, 0.15) is 44.2 Å². The number of hydrogen-bond acceptors (Lipinski definition) is 2. The second-order valence-electron chi connectivity index (χ2n) is 5.90. The van der Waals surface area contributed by atoms with Gasteiger partial charge in [-0.25, -0.2) is 0 Å². The molecule has 1 aliphatic carbocycles. The largest absolute Gasteiger partial charge is 0.384 e. The zero-order valence-corrected chi connectivity index (χ0v) is 11.1. The molecule has 0 radical (unpaired) electrons. The Hall–Kier alpha value is -0.860. The summed E-state index contributed by atoms with van der Waals surface area (Å²) in [6.45, 7) is 5.14. The molecule has 0 spiro atoms. The van der Waals surface area contributed by atoms with Crippen molar-refractivity contribution in [3.63, 3.8) is 0 Å². The molecular weight excluding hydrogens is 210 g/mol. The van der Waals surface area contributed by atoms with Crippen LogP contribution in [0.4, 0.5) is 0 Å². The number of hydrogen-bond donors (Lipinski definition) is 1. The first-order valence-corrected chi connectivity index (χ1v) is 6.37. The predicted octanol–water partition coefficient (Wildman–Crippen LogP) is 2.95. The van der Waals surface area contributed by atoms with E-state index in [9.17, 15) is 0 Å². The van der Waals surface area contributed by atoms with Gasteiger partial charge in [-0.1, -0.05) is 38.1 Å². The molecule has 1 aliphatic rings. The van der Waals surface area contributed by atoms with E-state index < -0.39 is 0 Å². The third-order valence-corrected chi connectivity index (χ3v) is 3.99. The quantitative estimate of drug-likeness (QED) is 0.867. The van der Waals surface area contributed by atoms with Gasteiger partial charge in [-0.2, -0.15) is 0 Å². The molecule has 2 N–H and O–H groups in total. The molecule has 0 atom stereocenters. The van der Waals surface area contributed by atoms with Crippen LogP contribution in [0.15, 0.2) is 24.3 Å². The number of methoxy groups -OCH3 is 1. The molecule has 0 unspecified atom stereocenters. The molecule has 0 aromatic heterocycles. The third kappa shape index (κ3) is 2.38. The van der Waals surface area contributed by atoms with Crippen LogP contribution < -0.4 is 5.73 Å². The number of rotatable bonds is 4. The molecule has 2 heteroatoms. The first-order chi connectivity index (χ1) is 7.98. The van der Waals surface area contributed by atoms with Gasteiger partial charge in [0.2, 0.25) is 0 Å². The first-order valence-electron chi connectivity index (χ1n) is 6.37. The van der Waals surface area contributed by atoms with Crippen molar-refractivity contribution in [3.8, 4) is 0 Å². The highest BCUT2D eigenvalue weighted by Gasteiger charge is 2.34. The number of benzene rings is 1. The van der Waals surface area contributed by atoms with Crippen LogP contribution >= 0.6 is 0 Å². The molecule has 0 heterocycles. The molecule has 1 fully saturated rings. The van der Waals surface area contributed by atoms with E-state index in [-0.39, 0.29) is 11.0 Å². The monoisotopic (exact) mass is 233 g/mol. The van der Waals surface area contributed by atoms with Crippen molar-refractivity contribution in [2.45, 2.75) is 44.1 Å². The lowest BCUT2D eigenvalue weighted by molar-refractivity contribution is 0.146. The summed E-state index contributed by atoms with van der Waals surface area (Å²) in [6, 6.07) is 8.76. The van der Waals surface area contributed by atoms with Crippen LogP contribution in [0.2, 0.25) is 0 Å². The topological polar surface area (TPSA) is 35.2 Å². The van der Waals surface area contributed by atoms with Crippen molar-refractivity contribution in [2.75, 3.05) is 13.7 Å². The van der Waals surface area contributed by atoms with Crippen LogP contribution in [0.25, 0.3) is 0 Å². The summed E-state index contributed by atoms with van der Waals surface area (Å²) in [6.07, 6.45) is 3.50. The van der Waals surface area contributed by atoms with Crippen molar-refractivity contribution < 1.29 is 4.74 Å². The molecular formula is C15H23NO. The number of ether oxygens (including phenoxy) is 1. The maximum atomic E-state index is 6.32. The minimum atomic E-state index is -0.0517. The van der Waals surface area contributed by atoms with Crippen LogP contribution in [0, 0.1) is 0 Å². The van der Waals surface area contributed by atoms with Gasteiger partial charge in [0, 0.05) is 18.1 Å². The van der Waals surface area contributed by atoms with Crippen molar-refractivity contribution in [2.24, 2.45) is 5.73 Å². The molecule has 17 heavy (non-hydrogen) atoms. The minimum Gasteiger partial charge on any atom is -0.384 e. The van der Waals surface area contributed by atoms with Crippen LogP contribution in [0.3, 0.4) is 0 Å². The van der Waals surface area contributed by atoms with Crippen LogP contribution in [-0.4, -0.2) is 13.7 Å². The Morgan fingerprint density at radius 2 is 1.82 bits per heavy atom. The lowest BCUT2D eigenvalue weighted by Crippen LogP contribution is -2.43. The van der Waals surface area contributed by atoms with Gasteiger partial charge in [0.15, 0.2) is 0 Å². The van der Waals surface area contributed by atoms with Crippen molar-refractivity contribution in [1.29, 1.82) is 0 Å². The van der Waals surface area contributed by atoms with E-state index in [4.69, 9.17) is 10.5 Å². The zero-order chi connectivity index (χ0) is 12.5. The highest BCUT2D eigenvalue weighted by Crippen LogP contribution is 2.39. The Bertz CT molecular complexity index is 376. The molecule has 1 aromatic carbocycles. The van der Waals surface area contributed by atoms with E-state index in [1.807, 2.05) is 0 Å². The highest BCUT2D eigenvalue weighted by atomic mass is 16.5. The van der Waals surface area contributed by atoms with Gasteiger partial charge in [-0.15, -0.1) is 0 Å². The summed E-state index contributed by atoms with van der Waals surface area (Å²) in [5, 5.41) is 0. The summed E-state index contributed by atoms with van der Waals surface area (Å²) >= 11 is 0. The average molecular weight is 233 g/mol. The van der Waals surface area contributed by atoms with Gasteiger partial charge in [-0.05, 0) is 30.4 Å². The van der Waals surface area contributed by atoms with E-state index >= 15 is 0 Å². The molecule has 94 valence electrons. The normalized spacial score (nSPS) is 18.8. The van der Waals surface area contributed by atoms with Gasteiger partial charge in [0.1, 0.15) is 0 Å². The van der Waals surface area contributed by atoms with Crippen molar-refractivity contribution in [3.05, 3.63) is 35.4 Å². The van der Waals surface area contributed by atoms with Gasteiger partial charge in [0.25, 0.3) is 0 Å². The molecule has 0 amide bonds. The van der Waals surface area contributed by atoms with E-state index in [0.29, 0.717) is 0 Å². The Morgan fingerprint density at radius 3 is 2.24 bits per heavy atom. The SMILES string of the molecule is COCC(C)(C)c1ccc(C2(N)CCC2)cc1. The predicted molar refractivity (Wildman–Crippen MR) is 71.1 cm³/mol. The van der Waals surface area contributed by atoms with Gasteiger partial charge in [-0.3, -0.25) is 0 Å². The van der Waals surface area contributed by atoms with E-state index in [0.717, 1.165) is 19.4 Å². The van der Waals surface area contributed by atoms with Gasteiger partial charge in [0.05, 0.1) is 6.61 Å². The molecule has 0 aliphatic heterocycles. The molecule has 0 bridgehead atoms. The lowest BCUT2D eigenvalue weighted by Gasteiger charge is -2.39. The fourth-order valence-electron chi connectivity index (χ4n) is 2.54.